The molecule has 0 bridgehead atoms. The van der Waals surface area contributed by atoms with Crippen LogP contribution in [0.25, 0.3) is 0 Å². The van der Waals surface area contributed by atoms with Crippen molar-refractivity contribution in [2.75, 3.05) is 19.5 Å². The lowest BCUT2D eigenvalue weighted by Gasteiger charge is -2.14. The number of nitrogens with one attached hydrogen (secondary N) is 1. The highest BCUT2D eigenvalue weighted by molar-refractivity contribution is 6.03. The fraction of sp³-hybridized carbons (Fsp3) is 0.158. The molecule has 0 aliphatic rings. The van der Waals surface area contributed by atoms with Crippen molar-refractivity contribution in [3.63, 3.8) is 0 Å². The van der Waals surface area contributed by atoms with E-state index < -0.39 is 11.7 Å². The zero-order valence-electron chi connectivity index (χ0n) is 14.4. The second kappa shape index (κ2) is 7.69. The number of carbonyl (C=O) groups is 1. The number of methoxy groups -OCH3 is 2. The van der Waals surface area contributed by atoms with E-state index in [4.69, 9.17) is 9.47 Å². The highest BCUT2D eigenvalue weighted by Crippen LogP contribution is 2.31. The monoisotopic (exact) mass is 355 g/mol. The fourth-order valence-corrected chi connectivity index (χ4v) is 2.62. The molecule has 1 aromatic heterocycles. The summed E-state index contributed by atoms with van der Waals surface area (Å²) in [6.45, 7) is 0.367. The fourth-order valence-electron chi connectivity index (χ4n) is 2.62. The first-order valence-electron chi connectivity index (χ1n) is 7.91. The van der Waals surface area contributed by atoms with Gasteiger partial charge in [0.05, 0.1) is 27.0 Å². The number of amides is 1. The van der Waals surface area contributed by atoms with Crippen LogP contribution in [0.5, 0.6) is 11.5 Å². The van der Waals surface area contributed by atoms with Gasteiger partial charge in [-0.3, -0.25) is 4.79 Å². The largest absolute Gasteiger partial charge is 0.493 e. The molecule has 1 N–H and O–H groups in total. The molecule has 0 spiro atoms. The number of hydrogen-bond acceptors (Lipinski definition) is 4. The van der Waals surface area contributed by atoms with Crippen LogP contribution in [0.15, 0.2) is 54.7 Å². The van der Waals surface area contributed by atoms with Crippen molar-refractivity contribution < 1.29 is 18.7 Å². The molecular formula is C19H18FN3O3. The Morgan fingerprint density at radius 1 is 1.15 bits per heavy atom. The van der Waals surface area contributed by atoms with Crippen molar-refractivity contribution in [3.8, 4) is 11.5 Å². The molecule has 26 heavy (non-hydrogen) atoms. The number of halogens is 1. The molecule has 0 saturated heterocycles. The normalized spacial score (nSPS) is 10.4. The molecule has 0 radical (unpaired) electrons. The van der Waals surface area contributed by atoms with E-state index in [9.17, 15) is 9.18 Å². The summed E-state index contributed by atoms with van der Waals surface area (Å²) in [7, 11) is 3.14. The lowest BCUT2D eigenvalue weighted by atomic mass is 10.2. The van der Waals surface area contributed by atoms with Crippen LogP contribution in [-0.2, 0) is 6.54 Å². The van der Waals surface area contributed by atoms with Gasteiger partial charge in [0.2, 0.25) is 0 Å². The van der Waals surface area contributed by atoms with Gasteiger partial charge in [-0.2, -0.15) is 5.10 Å². The van der Waals surface area contributed by atoms with Crippen LogP contribution in [0.2, 0.25) is 0 Å². The summed E-state index contributed by atoms with van der Waals surface area (Å²) in [4.78, 5) is 12.3. The van der Waals surface area contributed by atoms with Gasteiger partial charge in [-0.05, 0) is 24.3 Å². The maximum atomic E-state index is 13.3. The summed E-state index contributed by atoms with van der Waals surface area (Å²) in [6.07, 6.45) is 1.58. The Bertz CT molecular complexity index is 924. The van der Waals surface area contributed by atoms with Gasteiger partial charge in [-0.25, -0.2) is 9.07 Å². The van der Waals surface area contributed by atoms with Crippen LogP contribution in [0.1, 0.15) is 15.9 Å². The zero-order valence-corrected chi connectivity index (χ0v) is 14.4. The van der Waals surface area contributed by atoms with Gasteiger partial charge < -0.3 is 14.8 Å². The smallest absolute Gasteiger partial charge is 0.256 e. The van der Waals surface area contributed by atoms with E-state index in [0.29, 0.717) is 23.9 Å². The van der Waals surface area contributed by atoms with E-state index in [1.807, 2.05) is 12.1 Å². The molecule has 1 amide bonds. The predicted octanol–water partition coefficient (Wildman–Crippen LogP) is 3.34. The van der Waals surface area contributed by atoms with Crippen LogP contribution in [-0.4, -0.2) is 29.9 Å². The second-order valence-electron chi connectivity index (χ2n) is 5.49. The Hall–Kier alpha value is -3.35. The third-order valence-electron chi connectivity index (χ3n) is 3.85. The van der Waals surface area contributed by atoms with Crippen molar-refractivity contribution in [2.45, 2.75) is 6.54 Å². The van der Waals surface area contributed by atoms with Gasteiger partial charge in [0.1, 0.15) is 11.6 Å². The van der Waals surface area contributed by atoms with Crippen molar-refractivity contribution >= 4 is 11.7 Å². The molecule has 0 fully saturated rings. The third kappa shape index (κ3) is 3.66. The molecule has 134 valence electrons. The zero-order chi connectivity index (χ0) is 18.5. The van der Waals surface area contributed by atoms with Crippen LogP contribution >= 0.6 is 0 Å². The third-order valence-corrected chi connectivity index (χ3v) is 3.85. The highest BCUT2D eigenvalue weighted by atomic mass is 19.1. The summed E-state index contributed by atoms with van der Waals surface area (Å²) in [5, 5.41) is 6.98. The lowest BCUT2D eigenvalue weighted by Crippen LogP contribution is -2.16. The van der Waals surface area contributed by atoms with Crippen LogP contribution in [0, 0.1) is 5.82 Å². The van der Waals surface area contributed by atoms with E-state index in [0.717, 1.165) is 5.56 Å². The van der Waals surface area contributed by atoms with Crippen LogP contribution < -0.4 is 14.8 Å². The molecule has 0 saturated carbocycles. The lowest BCUT2D eigenvalue weighted by molar-refractivity contribution is 0.102. The summed E-state index contributed by atoms with van der Waals surface area (Å²) in [5.41, 5.74) is 1.08. The Kier molecular flexibility index (Phi) is 5.17. The number of ether oxygens (including phenoxy) is 2. The molecule has 6 nitrogen and oxygen atoms in total. The minimum Gasteiger partial charge on any atom is -0.493 e. The van der Waals surface area contributed by atoms with Gasteiger partial charge >= 0.3 is 0 Å². The van der Waals surface area contributed by atoms with Crippen LogP contribution in [0.4, 0.5) is 10.2 Å². The van der Waals surface area contributed by atoms with Crippen LogP contribution in [0.3, 0.4) is 0 Å². The molecule has 0 aliphatic carbocycles. The average Bonchev–Trinajstić information content (AvgIpc) is 3.08. The van der Waals surface area contributed by atoms with Gasteiger partial charge in [0.25, 0.3) is 5.91 Å². The summed E-state index contributed by atoms with van der Waals surface area (Å²) >= 11 is 0. The van der Waals surface area contributed by atoms with Gasteiger partial charge in [-0.1, -0.05) is 18.2 Å². The molecular weight excluding hydrogens is 337 g/mol. The second-order valence-corrected chi connectivity index (χ2v) is 5.49. The summed E-state index contributed by atoms with van der Waals surface area (Å²) in [5.74, 6) is 0.829. The molecule has 0 aliphatic heterocycles. The number of aromatic nitrogens is 2. The molecule has 3 rings (SSSR count). The van der Waals surface area contributed by atoms with E-state index in [1.165, 1.54) is 18.2 Å². The van der Waals surface area contributed by atoms with Crippen molar-refractivity contribution in [3.05, 3.63) is 71.7 Å². The number of nitrogens with zero attached hydrogens (tertiary/aromatic N) is 2. The summed E-state index contributed by atoms with van der Waals surface area (Å²) in [6, 6.07) is 12.7. The summed E-state index contributed by atoms with van der Waals surface area (Å²) < 4.78 is 25.6. The average molecular weight is 355 g/mol. The maximum Gasteiger partial charge on any atom is 0.256 e. The first kappa shape index (κ1) is 17.5. The maximum absolute atomic E-state index is 13.3. The molecule has 2 aromatic carbocycles. The van der Waals surface area contributed by atoms with E-state index in [-0.39, 0.29) is 5.56 Å². The quantitative estimate of drug-likeness (QED) is 0.736. The van der Waals surface area contributed by atoms with Gasteiger partial charge in [0.15, 0.2) is 11.5 Å². The van der Waals surface area contributed by atoms with Gasteiger partial charge in [0, 0.05) is 17.2 Å². The number of hydrogen-bond donors (Lipinski definition) is 1. The predicted molar refractivity (Wildman–Crippen MR) is 95.2 cm³/mol. The number of carbonyl (C=O) groups excluding carboxylic acids is 1. The number of anilines is 1. The van der Waals surface area contributed by atoms with E-state index in [1.54, 1.807) is 43.3 Å². The van der Waals surface area contributed by atoms with E-state index >= 15 is 0 Å². The molecule has 0 unspecified atom stereocenters. The highest BCUT2D eigenvalue weighted by Gasteiger charge is 2.14. The Morgan fingerprint density at radius 3 is 2.69 bits per heavy atom. The first-order chi connectivity index (χ1) is 12.6. The SMILES string of the molecule is COc1cccc(Cn2nccc2NC(=O)c2cccc(F)c2)c1OC. The Labute approximate surface area is 150 Å². The Balaban J connectivity index is 1.82. The topological polar surface area (TPSA) is 65.4 Å². The molecule has 1 heterocycles. The van der Waals surface area contributed by atoms with Gasteiger partial charge in [-0.15, -0.1) is 0 Å². The molecule has 3 aromatic rings. The number of benzene rings is 2. The first-order valence-corrected chi connectivity index (χ1v) is 7.91. The number of rotatable bonds is 6. The van der Waals surface area contributed by atoms with Crippen molar-refractivity contribution in [1.29, 1.82) is 0 Å². The standard InChI is InChI=1S/C19H18FN3O3/c1-25-16-8-4-6-14(18(16)26-2)12-23-17(9-10-21-23)22-19(24)13-5-3-7-15(20)11-13/h3-11H,12H2,1-2H3,(H,22,24). The van der Waals surface area contributed by atoms with Crippen molar-refractivity contribution in [1.82, 2.24) is 9.78 Å². The minimum absolute atomic E-state index is 0.233. The van der Waals surface area contributed by atoms with E-state index in [2.05, 4.69) is 10.4 Å². The number of para-hydroxylation sites is 1. The Morgan fingerprint density at radius 2 is 1.96 bits per heavy atom. The molecule has 0 atom stereocenters. The molecule has 7 heteroatoms. The minimum atomic E-state index is -0.465. The van der Waals surface area contributed by atoms with Crippen molar-refractivity contribution in [2.24, 2.45) is 0 Å².